The van der Waals surface area contributed by atoms with E-state index in [1.54, 1.807) is 0 Å². The van der Waals surface area contributed by atoms with E-state index in [1.807, 2.05) is 4.39 Å². The van der Waals surface area contributed by atoms with Crippen LogP contribution in [-0.2, 0) is 41.0 Å². The molecule has 0 saturated carbocycles. The summed E-state index contributed by atoms with van der Waals surface area (Å²) in [5.41, 5.74) is 0. The van der Waals surface area contributed by atoms with Crippen molar-refractivity contribution in [1.29, 1.82) is 0 Å². The molecule has 0 saturated heterocycles. The van der Waals surface area contributed by atoms with E-state index in [-0.39, 0.29) is 26.2 Å². The van der Waals surface area contributed by atoms with Crippen molar-refractivity contribution in [3.8, 4) is 0 Å². The second kappa shape index (κ2) is 3.66. The fourth-order valence-electron chi connectivity index (χ4n) is 0. The van der Waals surface area contributed by atoms with E-state index >= 15 is 0 Å². The monoisotopic (exact) mass is 206 g/mol. The molecule has 0 unspecified atom stereocenters. The fraction of sp³-hybridized carbons (Fsp3) is 0. The van der Waals surface area contributed by atoms with Gasteiger partial charge in [0.05, 0.1) is 0 Å². The van der Waals surface area contributed by atoms with Crippen LogP contribution in [0.4, 0.5) is 4.53 Å². The molecule has 0 aliphatic heterocycles. The summed E-state index contributed by atoms with van der Waals surface area (Å²) in [5.74, 6) is 0. The van der Waals surface area contributed by atoms with Crippen molar-refractivity contribution in [2.75, 3.05) is 0 Å². The zero-order valence-corrected chi connectivity index (χ0v) is 6.23. The first-order chi connectivity index (χ1) is 2.56. The van der Waals surface area contributed by atoms with Gasteiger partial charge in [0.1, 0.15) is 0 Å². The molecule has 0 fully saturated rings. The van der Waals surface area contributed by atoms with Crippen LogP contribution in [0.3, 0.4) is 0 Å². The van der Waals surface area contributed by atoms with Crippen LogP contribution >= 0.6 is 0 Å². The Hall–Kier alpha value is 0.683. The summed E-state index contributed by atoms with van der Waals surface area (Å²) in [5, 5.41) is 0. The minimum atomic E-state index is -4.83. The number of rotatable bonds is 1. The number of hydrogen-bond acceptors (Lipinski definition) is 3. The summed E-state index contributed by atoms with van der Waals surface area (Å²) in [6.45, 7) is 0. The summed E-state index contributed by atoms with van der Waals surface area (Å²) >= 11 is 0. The van der Waals surface area contributed by atoms with Gasteiger partial charge in [0.25, 0.3) is 0 Å². The van der Waals surface area contributed by atoms with E-state index in [0.717, 1.165) is 0 Å². The van der Waals surface area contributed by atoms with Gasteiger partial charge in [-0.05, 0) is 8.91 Å². The van der Waals surface area contributed by atoms with Gasteiger partial charge in [-0.15, -0.1) is 0 Å². The summed E-state index contributed by atoms with van der Waals surface area (Å²) in [6, 6.07) is 0. The molecule has 42 valence electrons. The van der Waals surface area contributed by atoms with Crippen LogP contribution in [0.15, 0.2) is 0 Å². The van der Waals surface area contributed by atoms with E-state index < -0.39 is 10.4 Å². The molecular weight excluding hydrogens is 206 g/mol. The Labute approximate surface area is 58.6 Å². The van der Waals surface area contributed by atoms with Crippen molar-refractivity contribution >= 4 is 10.4 Å². The quantitative estimate of drug-likeness (QED) is 0.599. The molecule has 0 heterocycles. The number of halogens is 1. The molecule has 0 aliphatic carbocycles. The van der Waals surface area contributed by atoms with Crippen molar-refractivity contribution in [2.24, 2.45) is 0 Å². The van der Waals surface area contributed by atoms with Crippen molar-refractivity contribution in [2.45, 2.75) is 0 Å². The second-order valence-corrected chi connectivity index (χ2v) is 1.47. The molecule has 0 aromatic rings. The summed E-state index contributed by atoms with van der Waals surface area (Å²) in [6.07, 6.45) is 0. The minimum Gasteiger partial charge on any atom is -0.262 e. The van der Waals surface area contributed by atoms with Crippen LogP contribution in [0.1, 0.15) is 0 Å². The van der Waals surface area contributed by atoms with Gasteiger partial charge in [0, 0.05) is 26.2 Å². The molecule has 0 bridgehead atoms. The Balaban J connectivity index is 0. The van der Waals surface area contributed by atoms with Gasteiger partial charge < -0.3 is 0 Å². The molecule has 7 heteroatoms. The molecule has 0 atom stereocenters. The zero-order valence-electron chi connectivity index (χ0n) is 2.96. The molecule has 0 spiro atoms. The summed E-state index contributed by atoms with van der Waals surface area (Å²) in [7, 11) is -4.83. The molecule has 0 aliphatic rings. The first-order valence-corrected chi connectivity index (χ1v) is 2.20. The Morgan fingerprint density at radius 3 is 1.71 bits per heavy atom. The molecule has 1 N–H and O–H groups in total. The van der Waals surface area contributed by atoms with Crippen LogP contribution in [0, 0.1) is 0 Å². The largest absolute Gasteiger partial charge is 0.428 e. The standard InChI is InChI=1S/FHO4S.Zr/c1-5-6(2,3)4;/h(H,2,3,4);. The minimum absolute atomic E-state index is 0. The Kier molecular flexibility index (Phi) is 5.55. The average Bonchev–Trinajstić information content (AvgIpc) is 1.35. The van der Waals surface area contributed by atoms with Gasteiger partial charge >= 0.3 is 10.4 Å². The van der Waals surface area contributed by atoms with E-state index in [9.17, 15) is 4.53 Å². The van der Waals surface area contributed by atoms with Crippen molar-refractivity contribution in [3.05, 3.63) is 0 Å². The van der Waals surface area contributed by atoms with Gasteiger partial charge in [0.2, 0.25) is 0 Å². The van der Waals surface area contributed by atoms with E-state index in [1.165, 1.54) is 0 Å². The Morgan fingerprint density at radius 1 is 1.57 bits per heavy atom. The summed E-state index contributed by atoms with van der Waals surface area (Å²) in [4.78, 5) is 0. The van der Waals surface area contributed by atoms with Gasteiger partial charge in [0.15, 0.2) is 0 Å². The van der Waals surface area contributed by atoms with Crippen LogP contribution < -0.4 is 0 Å². The third-order valence-electron chi connectivity index (χ3n) is 0.0796. The van der Waals surface area contributed by atoms with E-state index in [2.05, 4.69) is 0 Å². The molecule has 0 radical (unpaired) electrons. The fourth-order valence-corrected chi connectivity index (χ4v) is 0. The van der Waals surface area contributed by atoms with Gasteiger partial charge in [-0.25, -0.2) is 0 Å². The average molecular weight is 207 g/mol. The third-order valence-corrected chi connectivity index (χ3v) is 0.239. The van der Waals surface area contributed by atoms with Crippen LogP contribution in [0.2, 0.25) is 0 Å². The van der Waals surface area contributed by atoms with Crippen LogP contribution in [0.25, 0.3) is 0 Å². The molecule has 4 nitrogen and oxygen atoms in total. The van der Waals surface area contributed by atoms with Crippen molar-refractivity contribution in [1.82, 2.24) is 0 Å². The first-order valence-electron chi connectivity index (χ1n) is 0.837. The molecule has 0 aromatic heterocycles. The maximum Gasteiger partial charge on any atom is 0.428 e. The molecule has 0 rings (SSSR count). The van der Waals surface area contributed by atoms with Gasteiger partial charge in [-0.3, -0.25) is 4.55 Å². The third kappa shape index (κ3) is 10.8. The zero-order chi connectivity index (χ0) is 5.21. The maximum absolute atomic E-state index is 10.2. The predicted molar refractivity (Wildman–Crippen MR) is 13.7 cm³/mol. The van der Waals surface area contributed by atoms with Crippen LogP contribution in [-0.4, -0.2) is 13.0 Å². The van der Waals surface area contributed by atoms with Gasteiger partial charge in [-0.1, -0.05) is 0 Å². The van der Waals surface area contributed by atoms with Gasteiger partial charge in [-0.2, -0.15) is 8.42 Å². The maximum atomic E-state index is 10.2. The normalized spacial score (nSPS) is 10.0. The van der Waals surface area contributed by atoms with Crippen molar-refractivity contribution < 1.29 is 48.1 Å². The first kappa shape index (κ1) is 10.6. The topological polar surface area (TPSA) is 63.6 Å². The predicted octanol–water partition coefficient (Wildman–Crippen LogP) is -0.312. The Morgan fingerprint density at radius 2 is 1.71 bits per heavy atom. The van der Waals surface area contributed by atoms with E-state index in [4.69, 9.17) is 13.0 Å². The van der Waals surface area contributed by atoms with Crippen molar-refractivity contribution in [3.63, 3.8) is 0 Å². The molecule has 0 amide bonds. The SMILES string of the molecule is O=S(=O)(O)OF.[Zr]. The molecular formula is HFO4SZr. The summed E-state index contributed by atoms with van der Waals surface area (Å²) < 4.78 is 37.2. The van der Waals surface area contributed by atoms with Crippen LogP contribution in [0.5, 0.6) is 0 Å². The molecule has 0 aromatic carbocycles. The Bertz CT molecular complexity index is 114. The smallest absolute Gasteiger partial charge is 0.262 e. The second-order valence-electron chi connectivity index (χ2n) is 0.491. The van der Waals surface area contributed by atoms with E-state index in [0.29, 0.717) is 0 Å². The molecule has 7 heavy (non-hydrogen) atoms. The number of hydrogen-bond donors (Lipinski definition) is 1.